The van der Waals surface area contributed by atoms with Crippen molar-refractivity contribution < 1.29 is 0 Å². The third-order valence-corrected chi connectivity index (χ3v) is 2.93. The first-order valence-electron chi connectivity index (χ1n) is 4.67. The van der Waals surface area contributed by atoms with Crippen molar-refractivity contribution in [3.63, 3.8) is 0 Å². The summed E-state index contributed by atoms with van der Waals surface area (Å²) in [5, 5.41) is 3.41. The predicted molar refractivity (Wildman–Crippen MR) is 56.8 cm³/mol. The monoisotopic (exact) mass is 240 g/mol. The molecule has 0 saturated carbocycles. The van der Waals surface area contributed by atoms with Crippen LogP contribution in [0.1, 0.15) is 24.3 Å². The lowest BCUT2D eigenvalue weighted by Gasteiger charge is -2.22. The first kappa shape index (κ1) is 9.16. The van der Waals surface area contributed by atoms with Crippen molar-refractivity contribution in [1.29, 1.82) is 0 Å². The van der Waals surface area contributed by atoms with Crippen LogP contribution in [0.25, 0.3) is 0 Å². The smallest absolute Gasteiger partial charge is 0.0410 e. The van der Waals surface area contributed by atoms with E-state index >= 15 is 0 Å². The molecule has 1 unspecified atom stereocenters. The number of hydrogen-bond donors (Lipinski definition) is 1. The number of piperidine rings is 1. The van der Waals surface area contributed by atoms with Gasteiger partial charge in [0.25, 0.3) is 0 Å². The van der Waals surface area contributed by atoms with Gasteiger partial charge in [-0.2, -0.15) is 0 Å². The topological polar surface area (TPSA) is 24.9 Å². The van der Waals surface area contributed by atoms with Crippen LogP contribution >= 0.6 is 15.9 Å². The van der Waals surface area contributed by atoms with Gasteiger partial charge in [-0.1, -0.05) is 0 Å². The number of rotatable bonds is 1. The fraction of sp³-hybridized carbons (Fsp3) is 0.500. The zero-order valence-electron chi connectivity index (χ0n) is 7.46. The van der Waals surface area contributed by atoms with E-state index in [1.807, 2.05) is 12.4 Å². The summed E-state index contributed by atoms with van der Waals surface area (Å²) in [6.07, 6.45) is 6.37. The Bertz CT molecular complexity index is 282. The molecule has 1 aromatic rings. The Hall–Kier alpha value is -0.410. The third-order valence-electron chi connectivity index (χ3n) is 2.49. The fourth-order valence-corrected chi connectivity index (χ4v) is 2.17. The summed E-state index contributed by atoms with van der Waals surface area (Å²) in [5.74, 6) is 0.652. The molecule has 1 aliphatic rings. The molecule has 1 atom stereocenters. The van der Waals surface area contributed by atoms with Crippen molar-refractivity contribution >= 4 is 15.9 Å². The first-order chi connectivity index (χ1) is 6.36. The highest BCUT2D eigenvalue weighted by molar-refractivity contribution is 9.10. The number of aromatic nitrogens is 1. The van der Waals surface area contributed by atoms with Crippen molar-refractivity contribution in [3.8, 4) is 0 Å². The van der Waals surface area contributed by atoms with Crippen LogP contribution < -0.4 is 5.32 Å². The molecule has 2 rings (SSSR count). The highest BCUT2D eigenvalue weighted by Gasteiger charge is 2.14. The Morgan fingerprint density at radius 2 is 2.38 bits per heavy atom. The van der Waals surface area contributed by atoms with Crippen molar-refractivity contribution in [1.82, 2.24) is 10.3 Å². The summed E-state index contributed by atoms with van der Waals surface area (Å²) in [6.45, 7) is 2.26. The number of hydrogen-bond acceptors (Lipinski definition) is 2. The average Bonchev–Trinajstić information content (AvgIpc) is 2.19. The molecule has 2 heterocycles. The summed E-state index contributed by atoms with van der Waals surface area (Å²) in [7, 11) is 0. The van der Waals surface area contributed by atoms with E-state index in [1.54, 1.807) is 0 Å². The minimum atomic E-state index is 0.652. The first-order valence-corrected chi connectivity index (χ1v) is 5.47. The minimum absolute atomic E-state index is 0.652. The highest BCUT2D eigenvalue weighted by atomic mass is 79.9. The van der Waals surface area contributed by atoms with Gasteiger partial charge in [0.2, 0.25) is 0 Å². The van der Waals surface area contributed by atoms with E-state index in [1.165, 1.54) is 18.4 Å². The van der Waals surface area contributed by atoms with Gasteiger partial charge >= 0.3 is 0 Å². The molecule has 1 aliphatic heterocycles. The SMILES string of the molecule is Brc1cncc(C2CCCNC2)c1. The highest BCUT2D eigenvalue weighted by Crippen LogP contribution is 2.24. The van der Waals surface area contributed by atoms with E-state index in [-0.39, 0.29) is 0 Å². The molecule has 3 heteroatoms. The Morgan fingerprint density at radius 1 is 1.46 bits per heavy atom. The van der Waals surface area contributed by atoms with Crippen molar-refractivity contribution in [2.24, 2.45) is 0 Å². The van der Waals surface area contributed by atoms with E-state index in [0.29, 0.717) is 5.92 Å². The summed E-state index contributed by atoms with van der Waals surface area (Å²) in [6, 6.07) is 2.17. The maximum Gasteiger partial charge on any atom is 0.0410 e. The molecule has 0 aliphatic carbocycles. The van der Waals surface area contributed by atoms with Gasteiger partial charge in [-0.15, -0.1) is 0 Å². The summed E-state index contributed by atoms with van der Waals surface area (Å²) in [5.41, 5.74) is 1.35. The van der Waals surface area contributed by atoms with Gasteiger partial charge in [0.05, 0.1) is 0 Å². The average molecular weight is 241 g/mol. The van der Waals surface area contributed by atoms with Gasteiger partial charge in [-0.05, 0) is 52.9 Å². The fourth-order valence-electron chi connectivity index (χ4n) is 1.79. The van der Waals surface area contributed by atoms with Crippen LogP contribution in [0, 0.1) is 0 Å². The van der Waals surface area contributed by atoms with E-state index in [2.05, 4.69) is 32.3 Å². The van der Waals surface area contributed by atoms with Crippen LogP contribution in [-0.4, -0.2) is 18.1 Å². The maximum absolute atomic E-state index is 4.18. The lowest BCUT2D eigenvalue weighted by atomic mass is 9.93. The van der Waals surface area contributed by atoms with E-state index in [0.717, 1.165) is 17.6 Å². The van der Waals surface area contributed by atoms with Gasteiger partial charge in [-0.25, -0.2) is 0 Å². The molecule has 70 valence electrons. The van der Waals surface area contributed by atoms with Gasteiger partial charge in [0, 0.05) is 23.4 Å². The number of pyridine rings is 1. The van der Waals surface area contributed by atoms with Crippen molar-refractivity contribution in [2.45, 2.75) is 18.8 Å². The number of nitrogens with one attached hydrogen (secondary N) is 1. The lowest BCUT2D eigenvalue weighted by Crippen LogP contribution is -2.28. The minimum Gasteiger partial charge on any atom is -0.316 e. The molecular weight excluding hydrogens is 228 g/mol. The summed E-state index contributed by atoms with van der Waals surface area (Å²) in [4.78, 5) is 4.18. The third kappa shape index (κ3) is 2.29. The predicted octanol–water partition coefficient (Wildman–Crippen LogP) is 2.31. The molecule has 0 aromatic carbocycles. The van der Waals surface area contributed by atoms with Crippen LogP contribution in [0.5, 0.6) is 0 Å². The van der Waals surface area contributed by atoms with Crippen LogP contribution in [0.3, 0.4) is 0 Å². The van der Waals surface area contributed by atoms with Crippen molar-refractivity contribution in [2.75, 3.05) is 13.1 Å². The molecular formula is C10H13BrN2. The molecule has 1 N–H and O–H groups in total. The van der Waals surface area contributed by atoms with Gasteiger partial charge in [0.15, 0.2) is 0 Å². The second-order valence-electron chi connectivity index (χ2n) is 3.48. The van der Waals surface area contributed by atoms with Crippen LogP contribution in [0.2, 0.25) is 0 Å². The maximum atomic E-state index is 4.18. The van der Waals surface area contributed by atoms with Gasteiger partial charge < -0.3 is 5.32 Å². The number of halogens is 1. The Kier molecular flexibility index (Phi) is 2.96. The molecule has 0 amide bonds. The number of nitrogens with zero attached hydrogens (tertiary/aromatic N) is 1. The Labute approximate surface area is 86.9 Å². The summed E-state index contributed by atoms with van der Waals surface area (Å²) < 4.78 is 1.08. The van der Waals surface area contributed by atoms with Crippen LogP contribution in [-0.2, 0) is 0 Å². The molecule has 1 saturated heterocycles. The zero-order chi connectivity index (χ0) is 9.10. The Morgan fingerprint density at radius 3 is 3.08 bits per heavy atom. The largest absolute Gasteiger partial charge is 0.316 e. The molecule has 0 radical (unpaired) electrons. The van der Waals surface area contributed by atoms with Gasteiger partial charge in [0.1, 0.15) is 0 Å². The summed E-state index contributed by atoms with van der Waals surface area (Å²) >= 11 is 3.45. The second-order valence-corrected chi connectivity index (χ2v) is 4.40. The Balaban J connectivity index is 2.14. The molecule has 1 fully saturated rings. The lowest BCUT2D eigenvalue weighted by molar-refractivity contribution is 0.461. The van der Waals surface area contributed by atoms with Crippen LogP contribution in [0.15, 0.2) is 22.9 Å². The zero-order valence-corrected chi connectivity index (χ0v) is 9.05. The molecule has 0 spiro atoms. The van der Waals surface area contributed by atoms with E-state index < -0.39 is 0 Å². The van der Waals surface area contributed by atoms with Crippen molar-refractivity contribution in [3.05, 3.63) is 28.5 Å². The van der Waals surface area contributed by atoms with E-state index in [9.17, 15) is 0 Å². The molecule has 0 bridgehead atoms. The standard InChI is InChI=1S/C10H13BrN2/c11-10-4-9(6-13-7-10)8-2-1-3-12-5-8/h4,6-8,12H,1-3,5H2. The molecule has 2 nitrogen and oxygen atoms in total. The van der Waals surface area contributed by atoms with Gasteiger partial charge in [-0.3, -0.25) is 4.98 Å². The van der Waals surface area contributed by atoms with Crippen LogP contribution in [0.4, 0.5) is 0 Å². The second kappa shape index (κ2) is 4.20. The molecule has 1 aromatic heterocycles. The van der Waals surface area contributed by atoms with E-state index in [4.69, 9.17) is 0 Å². The normalized spacial score (nSPS) is 23.0. The molecule has 13 heavy (non-hydrogen) atoms. The quantitative estimate of drug-likeness (QED) is 0.816.